The molecular weight excluding hydrogens is 240 g/mol. The lowest BCUT2D eigenvalue weighted by Crippen LogP contribution is -2.34. The van der Waals surface area contributed by atoms with Gasteiger partial charge in [0.05, 0.1) is 19.8 Å². The second-order valence-electron chi connectivity index (χ2n) is 3.73. The molecule has 1 heterocycles. The van der Waals surface area contributed by atoms with E-state index in [0.717, 1.165) is 4.90 Å². The molecular formula is C10H14N4O4. The largest absolute Gasteiger partial charge is 0.381 e. The van der Waals surface area contributed by atoms with Crippen molar-refractivity contribution in [2.45, 2.75) is 19.3 Å². The summed E-state index contributed by atoms with van der Waals surface area (Å²) in [6.45, 7) is 0.486. The van der Waals surface area contributed by atoms with Crippen molar-refractivity contribution in [3.05, 3.63) is 10.4 Å². The van der Waals surface area contributed by atoms with Gasteiger partial charge in [0, 0.05) is 30.7 Å². The summed E-state index contributed by atoms with van der Waals surface area (Å²) in [6, 6.07) is 0. The molecule has 98 valence electrons. The summed E-state index contributed by atoms with van der Waals surface area (Å²) in [6.07, 6.45) is 0.511. The van der Waals surface area contributed by atoms with E-state index in [1.807, 2.05) is 0 Å². The third-order valence-corrected chi connectivity index (χ3v) is 2.41. The number of nitrogens with zero attached hydrogens (tertiary/aromatic N) is 4. The monoisotopic (exact) mass is 254 g/mol. The summed E-state index contributed by atoms with van der Waals surface area (Å²) in [5, 5.41) is 3.26. The molecule has 0 radical (unpaired) electrons. The number of ether oxygens (including phenoxy) is 1. The molecule has 1 rings (SSSR count). The molecule has 8 heteroatoms. The van der Waals surface area contributed by atoms with Crippen molar-refractivity contribution in [2.75, 3.05) is 26.3 Å². The molecule has 1 saturated heterocycles. The van der Waals surface area contributed by atoms with Crippen molar-refractivity contribution in [3.63, 3.8) is 0 Å². The highest BCUT2D eigenvalue weighted by Crippen LogP contribution is 2.11. The molecule has 0 bridgehead atoms. The average molecular weight is 254 g/mol. The molecule has 0 saturated carbocycles. The number of imide groups is 1. The van der Waals surface area contributed by atoms with E-state index in [1.165, 1.54) is 0 Å². The number of azide groups is 1. The van der Waals surface area contributed by atoms with E-state index in [-0.39, 0.29) is 63.2 Å². The third-order valence-electron chi connectivity index (χ3n) is 2.41. The summed E-state index contributed by atoms with van der Waals surface area (Å²) in [7, 11) is 0. The number of hydrogen-bond acceptors (Lipinski definition) is 5. The molecule has 8 nitrogen and oxygen atoms in total. The van der Waals surface area contributed by atoms with Gasteiger partial charge >= 0.3 is 0 Å². The number of Topliss-reactive ketones (excluding diaryl/α,β-unsaturated/α-hetero) is 1. The Bertz CT molecular complexity index is 373. The first-order chi connectivity index (χ1) is 8.65. The van der Waals surface area contributed by atoms with Gasteiger partial charge in [-0.05, 0) is 5.53 Å². The minimum Gasteiger partial charge on any atom is -0.381 e. The summed E-state index contributed by atoms with van der Waals surface area (Å²) in [5.74, 6) is -0.808. The lowest BCUT2D eigenvalue weighted by atomic mass is 10.3. The minimum absolute atomic E-state index is 0.132. The summed E-state index contributed by atoms with van der Waals surface area (Å²) in [5.41, 5.74) is 8.00. The molecule has 1 fully saturated rings. The zero-order valence-electron chi connectivity index (χ0n) is 9.87. The van der Waals surface area contributed by atoms with E-state index in [9.17, 15) is 14.4 Å². The van der Waals surface area contributed by atoms with Crippen molar-refractivity contribution in [1.29, 1.82) is 0 Å². The maximum absolute atomic E-state index is 11.5. The van der Waals surface area contributed by atoms with Gasteiger partial charge in [-0.25, -0.2) is 0 Å². The first kappa shape index (κ1) is 14.1. The average Bonchev–Trinajstić information content (AvgIpc) is 2.65. The van der Waals surface area contributed by atoms with Crippen LogP contribution in [0, 0.1) is 0 Å². The summed E-state index contributed by atoms with van der Waals surface area (Å²) < 4.78 is 5.05. The number of ketones is 1. The molecule has 0 spiro atoms. The van der Waals surface area contributed by atoms with Gasteiger partial charge in [-0.1, -0.05) is 5.11 Å². The van der Waals surface area contributed by atoms with Crippen LogP contribution in [0.4, 0.5) is 0 Å². The van der Waals surface area contributed by atoms with E-state index in [2.05, 4.69) is 10.0 Å². The van der Waals surface area contributed by atoms with Crippen LogP contribution >= 0.6 is 0 Å². The summed E-state index contributed by atoms with van der Waals surface area (Å²) >= 11 is 0. The van der Waals surface area contributed by atoms with Gasteiger partial charge in [-0.2, -0.15) is 0 Å². The number of rotatable bonds is 8. The maximum atomic E-state index is 11.5. The second-order valence-corrected chi connectivity index (χ2v) is 3.73. The smallest absolute Gasteiger partial charge is 0.230 e. The molecule has 2 amide bonds. The Kier molecular flexibility index (Phi) is 5.83. The second kappa shape index (κ2) is 7.41. The first-order valence-corrected chi connectivity index (χ1v) is 5.58. The number of amides is 2. The molecule has 0 aromatic heterocycles. The number of carbonyl (C=O) groups excluding carboxylic acids is 3. The Morgan fingerprint density at radius 2 is 2.00 bits per heavy atom. The first-order valence-electron chi connectivity index (χ1n) is 5.58. The quantitative estimate of drug-likeness (QED) is 0.205. The van der Waals surface area contributed by atoms with E-state index in [1.54, 1.807) is 0 Å². The van der Waals surface area contributed by atoms with Crippen LogP contribution in [0.5, 0.6) is 0 Å². The van der Waals surface area contributed by atoms with Gasteiger partial charge in [-0.15, -0.1) is 0 Å². The van der Waals surface area contributed by atoms with Crippen LogP contribution in [0.25, 0.3) is 10.4 Å². The molecule has 1 aliphatic heterocycles. The number of hydrogen-bond donors (Lipinski definition) is 0. The van der Waals surface area contributed by atoms with Gasteiger partial charge < -0.3 is 4.74 Å². The number of likely N-dealkylation sites (tertiary alicyclic amines) is 1. The van der Waals surface area contributed by atoms with Crippen LogP contribution in [0.3, 0.4) is 0 Å². The Morgan fingerprint density at radius 3 is 2.61 bits per heavy atom. The zero-order chi connectivity index (χ0) is 13.4. The van der Waals surface area contributed by atoms with Crippen molar-refractivity contribution in [3.8, 4) is 0 Å². The SMILES string of the molecule is [N-]=[N+]=NCCOCCC(=O)CN1C(=O)CCC1=O. The lowest BCUT2D eigenvalue weighted by Gasteiger charge is -2.12. The van der Waals surface area contributed by atoms with E-state index >= 15 is 0 Å². The van der Waals surface area contributed by atoms with Crippen LogP contribution in [0.15, 0.2) is 5.11 Å². The topological polar surface area (TPSA) is 112 Å². The molecule has 0 aliphatic carbocycles. The van der Waals surface area contributed by atoms with Crippen LogP contribution in [0.1, 0.15) is 19.3 Å². The highest BCUT2D eigenvalue weighted by Gasteiger charge is 2.29. The standard InChI is InChI=1S/C10H14N4O4/c11-13-12-4-6-18-5-3-8(15)7-14-9(16)1-2-10(14)17/h1-7H2. The van der Waals surface area contributed by atoms with Gasteiger partial charge in [0.15, 0.2) is 5.78 Å². The van der Waals surface area contributed by atoms with Gasteiger partial charge in [0.25, 0.3) is 0 Å². The molecule has 0 atom stereocenters. The lowest BCUT2D eigenvalue weighted by molar-refractivity contribution is -0.142. The van der Waals surface area contributed by atoms with Crippen molar-refractivity contribution < 1.29 is 19.1 Å². The van der Waals surface area contributed by atoms with Gasteiger partial charge in [0.1, 0.15) is 0 Å². The Hall–Kier alpha value is -1.92. The fourth-order valence-electron chi connectivity index (χ4n) is 1.49. The molecule has 0 aromatic carbocycles. The molecule has 0 unspecified atom stereocenters. The van der Waals surface area contributed by atoms with E-state index < -0.39 is 0 Å². The van der Waals surface area contributed by atoms with Crippen molar-refractivity contribution in [2.24, 2.45) is 5.11 Å². The molecule has 1 aliphatic rings. The van der Waals surface area contributed by atoms with Crippen molar-refractivity contribution >= 4 is 17.6 Å². The Morgan fingerprint density at radius 1 is 1.33 bits per heavy atom. The van der Waals surface area contributed by atoms with Gasteiger partial charge in [-0.3, -0.25) is 19.3 Å². The minimum atomic E-state index is -0.294. The van der Waals surface area contributed by atoms with Crippen LogP contribution in [0.2, 0.25) is 0 Å². The predicted molar refractivity (Wildman–Crippen MR) is 60.4 cm³/mol. The highest BCUT2D eigenvalue weighted by atomic mass is 16.5. The predicted octanol–water partition coefficient (Wildman–Crippen LogP) is 0.421. The molecule has 0 N–H and O–H groups in total. The molecule has 0 aromatic rings. The Balaban J connectivity index is 2.15. The van der Waals surface area contributed by atoms with Crippen LogP contribution in [-0.4, -0.2) is 48.8 Å². The van der Waals surface area contributed by atoms with E-state index in [0.29, 0.717) is 0 Å². The van der Waals surface area contributed by atoms with Crippen LogP contribution in [-0.2, 0) is 19.1 Å². The summed E-state index contributed by atoms with van der Waals surface area (Å²) in [4.78, 5) is 37.5. The highest BCUT2D eigenvalue weighted by molar-refractivity contribution is 6.04. The number of carbonyl (C=O) groups is 3. The normalized spacial score (nSPS) is 14.8. The fourth-order valence-corrected chi connectivity index (χ4v) is 1.49. The molecule has 18 heavy (non-hydrogen) atoms. The van der Waals surface area contributed by atoms with E-state index in [4.69, 9.17) is 10.3 Å². The maximum Gasteiger partial charge on any atom is 0.230 e. The zero-order valence-corrected chi connectivity index (χ0v) is 9.87. The van der Waals surface area contributed by atoms with Crippen LogP contribution < -0.4 is 0 Å². The Labute approximate surface area is 104 Å². The fraction of sp³-hybridized carbons (Fsp3) is 0.700. The third kappa shape index (κ3) is 4.52. The van der Waals surface area contributed by atoms with Crippen molar-refractivity contribution in [1.82, 2.24) is 4.90 Å². The van der Waals surface area contributed by atoms with Gasteiger partial charge in [0.2, 0.25) is 11.8 Å².